The SMILES string of the molecule is CCCCCCCCCCCC[N+](C)(CCCCCCCCCCCC)CCCCCCCCCCCC.O=S(=O)([O-])c1ccccc1. The Morgan fingerprint density at radius 2 is 0.646 bits per heavy atom. The third-order valence-corrected chi connectivity index (χ3v) is 11.0. The third-order valence-electron chi connectivity index (χ3n) is 10.2. The van der Waals surface area contributed by atoms with Crippen LogP contribution in [-0.4, -0.2) is 44.1 Å². The van der Waals surface area contributed by atoms with E-state index in [1.807, 2.05) is 0 Å². The van der Waals surface area contributed by atoms with E-state index in [1.165, 1.54) is 241 Å². The van der Waals surface area contributed by atoms with Crippen LogP contribution in [0.5, 0.6) is 0 Å². The summed E-state index contributed by atoms with van der Waals surface area (Å²) in [7, 11) is -1.65. The maximum absolute atomic E-state index is 10.3. The Labute approximate surface area is 302 Å². The van der Waals surface area contributed by atoms with Gasteiger partial charge in [-0.1, -0.05) is 193 Å². The molecule has 0 heterocycles. The second-order valence-corrected chi connectivity index (χ2v) is 16.5. The van der Waals surface area contributed by atoms with Crippen molar-refractivity contribution in [1.29, 1.82) is 0 Å². The molecule has 0 spiro atoms. The molecule has 0 N–H and O–H groups in total. The van der Waals surface area contributed by atoms with Crippen molar-refractivity contribution in [1.82, 2.24) is 0 Å². The summed E-state index contributed by atoms with van der Waals surface area (Å²) in [5.41, 5.74) is 0. The highest BCUT2D eigenvalue weighted by Gasteiger charge is 2.20. The number of quaternary nitrogens is 1. The summed E-state index contributed by atoms with van der Waals surface area (Å²) >= 11 is 0. The smallest absolute Gasteiger partial charge is 0.124 e. The summed E-state index contributed by atoms with van der Waals surface area (Å²) < 4.78 is 32.2. The van der Waals surface area contributed by atoms with E-state index in [0.717, 1.165) is 0 Å². The van der Waals surface area contributed by atoms with Gasteiger partial charge in [-0.3, -0.25) is 0 Å². The Hall–Kier alpha value is -0.910. The fourth-order valence-corrected chi connectivity index (χ4v) is 7.36. The van der Waals surface area contributed by atoms with Crippen molar-refractivity contribution >= 4 is 10.1 Å². The zero-order valence-electron chi connectivity index (χ0n) is 32.8. The molecule has 0 aliphatic heterocycles. The molecule has 0 aromatic heterocycles. The lowest BCUT2D eigenvalue weighted by atomic mass is 10.0. The molecule has 0 aliphatic rings. The first-order valence-corrected chi connectivity index (χ1v) is 22.5. The minimum atomic E-state index is -4.25. The van der Waals surface area contributed by atoms with Crippen LogP contribution in [0.2, 0.25) is 0 Å². The predicted molar refractivity (Wildman–Crippen MR) is 211 cm³/mol. The van der Waals surface area contributed by atoms with Gasteiger partial charge in [-0.15, -0.1) is 0 Å². The van der Waals surface area contributed by atoms with Gasteiger partial charge in [0.1, 0.15) is 10.1 Å². The van der Waals surface area contributed by atoms with Gasteiger partial charge in [0.05, 0.1) is 31.6 Å². The lowest BCUT2D eigenvalue weighted by molar-refractivity contribution is -0.910. The molecular weight excluding hydrogens is 611 g/mol. The molecule has 5 heteroatoms. The molecule has 0 fully saturated rings. The minimum absolute atomic E-state index is 0.185. The number of hydrogen-bond donors (Lipinski definition) is 0. The molecule has 48 heavy (non-hydrogen) atoms. The summed E-state index contributed by atoms with van der Waals surface area (Å²) in [6.45, 7) is 11.3. The highest BCUT2D eigenvalue weighted by Crippen LogP contribution is 2.18. The largest absolute Gasteiger partial charge is 0.744 e. The number of hydrogen-bond acceptors (Lipinski definition) is 3. The average Bonchev–Trinajstić information content (AvgIpc) is 3.08. The van der Waals surface area contributed by atoms with Gasteiger partial charge in [0.15, 0.2) is 0 Å². The Bertz CT molecular complexity index is 813. The van der Waals surface area contributed by atoms with Gasteiger partial charge in [0.25, 0.3) is 0 Å². The quantitative estimate of drug-likeness (QED) is 0.0410. The van der Waals surface area contributed by atoms with Crippen LogP contribution in [0.25, 0.3) is 0 Å². The van der Waals surface area contributed by atoms with Crippen LogP contribution in [0.15, 0.2) is 35.2 Å². The van der Waals surface area contributed by atoms with Gasteiger partial charge in [0.2, 0.25) is 0 Å². The van der Waals surface area contributed by atoms with Crippen molar-refractivity contribution in [2.24, 2.45) is 0 Å². The summed E-state index contributed by atoms with van der Waals surface area (Å²) in [6, 6.07) is 7.19. The summed E-state index contributed by atoms with van der Waals surface area (Å²) in [6.07, 6.45) is 43.8. The van der Waals surface area contributed by atoms with Crippen molar-refractivity contribution in [3.8, 4) is 0 Å². The molecule has 0 unspecified atom stereocenters. The van der Waals surface area contributed by atoms with E-state index in [2.05, 4.69) is 27.8 Å². The summed E-state index contributed by atoms with van der Waals surface area (Å²) in [4.78, 5) is -0.185. The first kappa shape index (κ1) is 47.1. The lowest BCUT2D eigenvalue weighted by Gasteiger charge is -2.35. The Kier molecular flexibility index (Phi) is 33.9. The normalized spacial score (nSPS) is 11.9. The van der Waals surface area contributed by atoms with Crippen molar-refractivity contribution in [3.05, 3.63) is 30.3 Å². The van der Waals surface area contributed by atoms with Crippen molar-refractivity contribution in [3.63, 3.8) is 0 Å². The van der Waals surface area contributed by atoms with E-state index in [1.54, 1.807) is 6.07 Å². The lowest BCUT2D eigenvalue weighted by Crippen LogP contribution is -2.46. The van der Waals surface area contributed by atoms with Gasteiger partial charge in [-0.25, -0.2) is 8.42 Å². The van der Waals surface area contributed by atoms with Gasteiger partial charge in [-0.2, -0.15) is 0 Å². The fraction of sp³-hybridized carbons (Fsp3) is 0.860. The standard InChI is InChI=1S/C37H78N.C6H6O3S/c1-5-8-11-14-17-20-23-26-29-32-35-38(4,36-33-30-27-24-21-18-15-12-9-6-2)37-34-31-28-25-22-19-16-13-10-7-3;7-10(8,9)6-4-2-1-3-5-6/h5-37H2,1-4H3;1-5H,(H,7,8,9)/q+1;/p-1. The van der Waals surface area contributed by atoms with Crippen LogP contribution >= 0.6 is 0 Å². The third kappa shape index (κ3) is 32.3. The molecule has 0 aliphatic carbocycles. The second kappa shape index (κ2) is 34.5. The van der Waals surface area contributed by atoms with E-state index in [0.29, 0.717) is 0 Å². The van der Waals surface area contributed by atoms with E-state index < -0.39 is 10.1 Å². The number of benzene rings is 1. The van der Waals surface area contributed by atoms with Crippen LogP contribution in [0, 0.1) is 0 Å². The fourth-order valence-electron chi connectivity index (χ4n) is 6.87. The minimum Gasteiger partial charge on any atom is -0.744 e. The van der Waals surface area contributed by atoms with E-state index >= 15 is 0 Å². The molecule has 284 valence electrons. The Balaban J connectivity index is 0.00000186. The molecule has 4 nitrogen and oxygen atoms in total. The average molecular weight is 694 g/mol. The van der Waals surface area contributed by atoms with Crippen LogP contribution in [-0.2, 0) is 10.1 Å². The van der Waals surface area contributed by atoms with Gasteiger partial charge < -0.3 is 9.04 Å². The topological polar surface area (TPSA) is 57.2 Å². The molecule has 0 bridgehead atoms. The van der Waals surface area contributed by atoms with Gasteiger partial charge >= 0.3 is 0 Å². The monoisotopic (exact) mass is 694 g/mol. The first-order valence-electron chi connectivity index (χ1n) is 21.1. The van der Waals surface area contributed by atoms with Gasteiger partial charge in [-0.05, 0) is 50.7 Å². The van der Waals surface area contributed by atoms with Gasteiger partial charge in [0, 0.05) is 0 Å². The van der Waals surface area contributed by atoms with Crippen molar-refractivity contribution < 1.29 is 17.5 Å². The molecule has 0 saturated carbocycles. The molecule has 1 aromatic carbocycles. The number of nitrogens with zero attached hydrogens (tertiary/aromatic N) is 1. The Morgan fingerprint density at radius 1 is 0.417 bits per heavy atom. The molecule has 1 aromatic rings. The molecule has 0 amide bonds. The Morgan fingerprint density at radius 3 is 0.854 bits per heavy atom. The van der Waals surface area contributed by atoms with Crippen molar-refractivity contribution in [2.45, 2.75) is 218 Å². The van der Waals surface area contributed by atoms with Crippen LogP contribution in [0.3, 0.4) is 0 Å². The highest BCUT2D eigenvalue weighted by molar-refractivity contribution is 7.85. The highest BCUT2D eigenvalue weighted by atomic mass is 32.2. The van der Waals surface area contributed by atoms with E-state index in [4.69, 9.17) is 0 Å². The molecule has 0 radical (unpaired) electrons. The second-order valence-electron chi connectivity index (χ2n) is 15.1. The first-order chi connectivity index (χ1) is 23.3. The maximum Gasteiger partial charge on any atom is 0.124 e. The molecule has 0 atom stereocenters. The maximum atomic E-state index is 10.3. The zero-order valence-corrected chi connectivity index (χ0v) is 33.6. The molecule has 0 saturated heterocycles. The number of unbranched alkanes of at least 4 members (excludes halogenated alkanes) is 27. The number of rotatable bonds is 34. The van der Waals surface area contributed by atoms with Crippen LogP contribution in [0.4, 0.5) is 0 Å². The summed E-state index contributed by atoms with van der Waals surface area (Å²) in [5.74, 6) is 0. The molecule has 1 rings (SSSR count). The summed E-state index contributed by atoms with van der Waals surface area (Å²) in [5, 5.41) is 0. The van der Waals surface area contributed by atoms with Crippen LogP contribution in [0.1, 0.15) is 213 Å². The van der Waals surface area contributed by atoms with Crippen molar-refractivity contribution in [2.75, 3.05) is 26.7 Å². The zero-order chi connectivity index (χ0) is 35.4. The predicted octanol–water partition coefficient (Wildman–Crippen LogP) is 13.8. The van der Waals surface area contributed by atoms with E-state index in [-0.39, 0.29) is 4.90 Å². The van der Waals surface area contributed by atoms with E-state index in [9.17, 15) is 13.0 Å². The molecular formula is C43H83NO3S. The van der Waals surface area contributed by atoms with Crippen LogP contribution < -0.4 is 0 Å².